The van der Waals surface area contributed by atoms with E-state index < -0.39 is 11.7 Å². The standard InChI is InChI=1S/C22H23ClF3N3O2/c1-2-13-31-18-6-3-16(4-7-18)5-8-20(30)28-9-11-29(12-10-28)21-19(23)14-17(15-27-21)22(24,25)26/h3-8,14-15H,2,9-13H2,1H3/b8-5+. The summed E-state index contributed by atoms with van der Waals surface area (Å²) < 4.78 is 43.9. The van der Waals surface area contributed by atoms with Crippen LogP contribution in [0.4, 0.5) is 19.0 Å². The largest absolute Gasteiger partial charge is 0.494 e. The number of amides is 1. The van der Waals surface area contributed by atoms with Gasteiger partial charge < -0.3 is 14.5 Å². The molecule has 5 nitrogen and oxygen atoms in total. The summed E-state index contributed by atoms with van der Waals surface area (Å²) >= 11 is 6.02. The van der Waals surface area contributed by atoms with E-state index in [0.717, 1.165) is 30.0 Å². The Morgan fingerprint density at radius 2 is 1.87 bits per heavy atom. The summed E-state index contributed by atoms with van der Waals surface area (Å²) in [6.07, 6.45) is 0.480. The van der Waals surface area contributed by atoms with E-state index in [1.54, 1.807) is 15.9 Å². The predicted molar refractivity (Wildman–Crippen MR) is 114 cm³/mol. The van der Waals surface area contributed by atoms with Gasteiger partial charge in [0.1, 0.15) is 11.6 Å². The second-order valence-electron chi connectivity index (χ2n) is 7.09. The van der Waals surface area contributed by atoms with Gasteiger partial charge >= 0.3 is 6.18 Å². The van der Waals surface area contributed by atoms with Gasteiger partial charge in [0.15, 0.2) is 0 Å². The molecule has 1 aliphatic heterocycles. The molecule has 0 unspecified atom stereocenters. The van der Waals surface area contributed by atoms with Crippen LogP contribution in [0, 0.1) is 0 Å². The van der Waals surface area contributed by atoms with Crippen LogP contribution < -0.4 is 9.64 Å². The van der Waals surface area contributed by atoms with Crippen LogP contribution in [-0.4, -0.2) is 48.6 Å². The summed E-state index contributed by atoms with van der Waals surface area (Å²) in [5, 5.41) is -0.0548. The Balaban J connectivity index is 1.54. The van der Waals surface area contributed by atoms with E-state index in [4.69, 9.17) is 16.3 Å². The number of aromatic nitrogens is 1. The zero-order valence-electron chi connectivity index (χ0n) is 17.0. The average molecular weight is 454 g/mol. The van der Waals surface area contributed by atoms with E-state index in [1.165, 1.54) is 6.08 Å². The van der Waals surface area contributed by atoms with Crippen molar-refractivity contribution < 1.29 is 22.7 Å². The van der Waals surface area contributed by atoms with Crippen molar-refractivity contribution in [2.75, 3.05) is 37.7 Å². The number of carbonyl (C=O) groups excluding carboxylic acids is 1. The van der Waals surface area contributed by atoms with Crippen molar-refractivity contribution >= 4 is 29.4 Å². The number of rotatable bonds is 6. The molecule has 0 bridgehead atoms. The molecule has 0 N–H and O–H groups in total. The average Bonchev–Trinajstić information content (AvgIpc) is 2.76. The van der Waals surface area contributed by atoms with Crippen LogP contribution in [0.1, 0.15) is 24.5 Å². The molecule has 1 aromatic heterocycles. The predicted octanol–water partition coefficient (Wildman–Crippen LogP) is 4.90. The number of carbonyl (C=O) groups is 1. The Morgan fingerprint density at radius 1 is 1.19 bits per heavy atom. The smallest absolute Gasteiger partial charge is 0.417 e. The van der Waals surface area contributed by atoms with Gasteiger partial charge in [-0.2, -0.15) is 13.2 Å². The van der Waals surface area contributed by atoms with Crippen molar-refractivity contribution in [3.05, 3.63) is 58.8 Å². The molecule has 1 fully saturated rings. The number of pyridine rings is 1. The van der Waals surface area contributed by atoms with Gasteiger partial charge in [-0.1, -0.05) is 30.7 Å². The molecule has 0 atom stereocenters. The van der Waals surface area contributed by atoms with Crippen molar-refractivity contribution in [1.29, 1.82) is 0 Å². The van der Waals surface area contributed by atoms with E-state index in [0.29, 0.717) is 38.6 Å². The number of alkyl halides is 3. The summed E-state index contributed by atoms with van der Waals surface area (Å²) in [6.45, 7) is 4.41. The van der Waals surface area contributed by atoms with Crippen LogP contribution in [0.5, 0.6) is 5.75 Å². The van der Waals surface area contributed by atoms with Gasteiger partial charge in [-0.25, -0.2) is 4.98 Å². The molecular formula is C22H23ClF3N3O2. The molecule has 0 spiro atoms. The third-order valence-corrected chi connectivity index (χ3v) is 5.09. The maximum absolute atomic E-state index is 12.8. The SMILES string of the molecule is CCCOc1ccc(/C=C/C(=O)N2CCN(c3ncc(C(F)(F)F)cc3Cl)CC2)cc1. The summed E-state index contributed by atoms with van der Waals surface area (Å²) in [6, 6.07) is 8.36. The van der Waals surface area contributed by atoms with Gasteiger partial charge in [-0.15, -0.1) is 0 Å². The highest BCUT2D eigenvalue weighted by molar-refractivity contribution is 6.33. The first kappa shape index (κ1) is 22.9. The Morgan fingerprint density at radius 3 is 2.45 bits per heavy atom. The van der Waals surface area contributed by atoms with Gasteiger partial charge in [-0.3, -0.25) is 4.79 Å². The maximum Gasteiger partial charge on any atom is 0.417 e. The number of hydrogen-bond donors (Lipinski definition) is 0. The first-order chi connectivity index (χ1) is 14.8. The fraction of sp³-hybridized carbons (Fsp3) is 0.364. The number of hydrogen-bond acceptors (Lipinski definition) is 4. The fourth-order valence-electron chi connectivity index (χ4n) is 3.13. The van der Waals surface area contributed by atoms with Crippen molar-refractivity contribution in [1.82, 2.24) is 9.88 Å². The van der Waals surface area contributed by atoms with Crippen molar-refractivity contribution in [3.63, 3.8) is 0 Å². The van der Waals surface area contributed by atoms with Crippen LogP contribution >= 0.6 is 11.6 Å². The number of piperazine rings is 1. The molecular weight excluding hydrogens is 431 g/mol. The summed E-state index contributed by atoms with van der Waals surface area (Å²) in [4.78, 5) is 19.8. The molecule has 166 valence electrons. The van der Waals surface area contributed by atoms with Crippen molar-refractivity contribution in [2.45, 2.75) is 19.5 Å². The lowest BCUT2D eigenvalue weighted by molar-refractivity contribution is -0.137. The monoisotopic (exact) mass is 453 g/mol. The molecule has 0 aliphatic carbocycles. The molecule has 3 rings (SSSR count). The van der Waals surface area contributed by atoms with Gasteiger partial charge in [0.25, 0.3) is 0 Å². The minimum Gasteiger partial charge on any atom is -0.494 e. The van der Waals surface area contributed by atoms with Crippen LogP contribution in [0.2, 0.25) is 5.02 Å². The van der Waals surface area contributed by atoms with Crippen LogP contribution in [0.15, 0.2) is 42.6 Å². The third-order valence-electron chi connectivity index (χ3n) is 4.81. The zero-order valence-corrected chi connectivity index (χ0v) is 17.8. The highest BCUT2D eigenvalue weighted by atomic mass is 35.5. The summed E-state index contributed by atoms with van der Waals surface area (Å²) in [5.74, 6) is 0.956. The highest BCUT2D eigenvalue weighted by Crippen LogP contribution is 2.33. The van der Waals surface area contributed by atoms with Crippen LogP contribution in [0.25, 0.3) is 6.08 Å². The molecule has 1 aliphatic rings. The molecule has 2 aromatic rings. The zero-order chi connectivity index (χ0) is 22.4. The second-order valence-corrected chi connectivity index (χ2v) is 7.50. The van der Waals surface area contributed by atoms with Crippen molar-refractivity contribution in [3.8, 4) is 5.75 Å². The molecule has 9 heteroatoms. The van der Waals surface area contributed by atoms with E-state index in [2.05, 4.69) is 4.98 Å². The van der Waals surface area contributed by atoms with Gasteiger partial charge in [-0.05, 0) is 36.3 Å². The quantitative estimate of drug-likeness (QED) is 0.583. The lowest BCUT2D eigenvalue weighted by atomic mass is 10.2. The van der Waals surface area contributed by atoms with Gasteiger partial charge in [0.05, 0.1) is 17.2 Å². The maximum atomic E-state index is 12.8. The fourth-order valence-corrected chi connectivity index (χ4v) is 3.41. The van der Waals surface area contributed by atoms with Gasteiger partial charge in [0, 0.05) is 38.5 Å². The second kappa shape index (κ2) is 10.0. The topological polar surface area (TPSA) is 45.7 Å². The van der Waals surface area contributed by atoms with E-state index >= 15 is 0 Å². The van der Waals surface area contributed by atoms with Gasteiger partial charge in [0.2, 0.25) is 5.91 Å². The summed E-state index contributed by atoms with van der Waals surface area (Å²) in [5.41, 5.74) is 0.00160. The van der Waals surface area contributed by atoms with E-state index in [9.17, 15) is 18.0 Å². The lowest BCUT2D eigenvalue weighted by Crippen LogP contribution is -2.48. The Kier molecular flexibility index (Phi) is 7.43. The molecule has 0 radical (unpaired) electrons. The molecule has 2 heterocycles. The highest BCUT2D eigenvalue weighted by Gasteiger charge is 2.32. The minimum absolute atomic E-state index is 0.0548. The van der Waals surface area contributed by atoms with Crippen molar-refractivity contribution in [2.24, 2.45) is 0 Å². The Bertz CT molecular complexity index is 925. The molecule has 1 aromatic carbocycles. The first-order valence-electron chi connectivity index (χ1n) is 9.95. The molecule has 1 saturated heterocycles. The number of nitrogens with zero attached hydrogens (tertiary/aromatic N) is 3. The number of benzene rings is 1. The lowest BCUT2D eigenvalue weighted by Gasteiger charge is -2.35. The van der Waals surface area contributed by atoms with Crippen LogP contribution in [0.3, 0.4) is 0 Å². The number of halogens is 4. The Labute approximate surface area is 184 Å². The normalized spacial score (nSPS) is 14.9. The van der Waals surface area contributed by atoms with E-state index in [1.807, 2.05) is 31.2 Å². The van der Waals surface area contributed by atoms with E-state index in [-0.39, 0.29) is 10.9 Å². The third kappa shape index (κ3) is 6.13. The molecule has 31 heavy (non-hydrogen) atoms. The van der Waals surface area contributed by atoms with Crippen LogP contribution in [-0.2, 0) is 11.0 Å². The molecule has 1 amide bonds. The summed E-state index contributed by atoms with van der Waals surface area (Å²) in [7, 11) is 0. The number of ether oxygens (including phenoxy) is 1. The number of anilines is 1. The minimum atomic E-state index is -4.49. The molecule has 0 saturated carbocycles. The first-order valence-corrected chi connectivity index (χ1v) is 10.3. The Hall–Kier alpha value is -2.74.